The van der Waals surface area contributed by atoms with Crippen molar-refractivity contribution in [1.82, 2.24) is 20.9 Å². The lowest BCUT2D eigenvalue weighted by Gasteiger charge is -2.35. The molecule has 0 bridgehead atoms. The zero-order valence-corrected chi connectivity index (χ0v) is 27.5. The van der Waals surface area contributed by atoms with Crippen LogP contribution >= 0.6 is 0 Å². The summed E-state index contributed by atoms with van der Waals surface area (Å²) in [6, 6.07) is 15.2. The van der Waals surface area contributed by atoms with E-state index in [-0.39, 0.29) is 23.8 Å². The van der Waals surface area contributed by atoms with Crippen LogP contribution in [-0.4, -0.2) is 79.2 Å². The molecule has 44 heavy (non-hydrogen) atoms. The Kier molecular flexibility index (Phi) is 16.5. The van der Waals surface area contributed by atoms with E-state index in [0.29, 0.717) is 26.0 Å². The van der Waals surface area contributed by atoms with Gasteiger partial charge < -0.3 is 30.7 Å². The van der Waals surface area contributed by atoms with Gasteiger partial charge in [-0.2, -0.15) is 0 Å². The molecular formula is C35H54N4O5. The van der Waals surface area contributed by atoms with Crippen molar-refractivity contribution in [3.8, 4) is 5.75 Å². The summed E-state index contributed by atoms with van der Waals surface area (Å²) in [5, 5.41) is 19.1. The number of carbonyl (C=O) groups excluding carboxylic acids is 3. The van der Waals surface area contributed by atoms with Gasteiger partial charge >= 0.3 is 0 Å². The number of amides is 3. The SMILES string of the molecule is CCNC(=O)C(C(C)O)N(C)C(=O)C(NCC1CCc2cccc(CCCNC=O)c2O1)C(C)CC.CCc1ccccc1. The second kappa shape index (κ2) is 19.8. The van der Waals surface area contributed by atoms with E-state index >= 15 is 0 Å². The molecule has 1 aliphatic rings. The molecule has 2 aromatic rings. The largest absolute Gasteiger partial charge is 0.489 e. The molecule has 0 saturated heterocycles. The van der Waals surface area contributed by atoms with Gasteiger partial charge in [-0.25, -0.2) is 0 Å². The predicted molar refractivity (Wildman–Crippen MR) is 176 cm³/mol. The highest BCUT2D eigenvalue weighted by Gasteiger charge is 2.36. The molecule has 0 spiro atoms. The van der Waals surface area contributed by atoms with Crippen LogP contribution in [-0.2, 0) is 33.6 Å². The fourth-order valence-corrected chi connectivity index (χ4v) is 5.40. The van der Waals surface area contributed by atoms with Crippen LogP contribution in [0.2, 0.25) is 0 Å². The van der Waals surface area contributed by atoms with Gasteiger partial charge in [-0.1, -0.05) is 75.7 Å². The van der Waals surface area contributed by atoms with E-state index in [9.17, 15) is 19.5 Å². The normalized spacial score (nSPS) is 16.5. The van der Waals surface area contributed by atoms with E-state index in [0.717, 1.165) is 49.8 Å². The van der Waals surface area contributed by atoms with E-state index in [1.165, 1.54) is 23.0 Å². The summed E-state index contributed by atoms with van der Waals surface area (Å²) in [5.74, 6) is 0.353. The third-order valence-corrected chi connectivity index (χ3v) is 8.19. The Morgan fingerprint density at radius 3 is 2.41 bits per heavy atom. The van der Waals surface area contributed by atoms with Gasteiger partial charge in [0.2, 0.25) is 18.2 Å². The highest BCUT2D eigenvalue weighted by atomic mass is 16.5. The van der Waals surface area contributed by atoms with Crippen molar-refractivity contribution in [3.05, 3.63) is 65.2 Å². The Hall–Kier alpha value is -3.43. The number of fused-ring (bicyclic) bond motifs is 1. The van der Waals surface area contributed by atoms with Crippen LogP contribution in [0.3, 0.4) is 0 Å². The standard InChI is InChI=1S/C27H44N4O5.C8H10/c1-6-18(3)23(27(35)31(5)24(19(4)33)26(34)29-7-2)30-16-22-14-13-21-11-8-10-20(25(21)36-22)12-9-15-28-17-32;1-2-8-6-4-3-5-7-8/h8,10-11,17-19,22-24,30,33H,6-7,9,12-16H2,1-5H3,(H,28,32)(H,29,34);3-7H,2H2,1H3. The number of para-hydroxylation sites is 1. The monoisotopic (exact) mass is 610 g/mol. The number of rotatable bonds is 16. The zero-order chi connectivity index (χ0) is 32.5. The van der Waals surface area contributed by atoms with Gasteiger partial charge in [0.25, 0.3) is 0 Å². The number of aliphatic hydroxyl groups is 1. The third kappa shape index (κ3) is 11.2. The minimum Gasteiger partial charge on any atom is -0.489 e. The highest BCUT2D eigenvalue weighted by molar-refractivity contribution is 5.90. The molecule has 2 aromatic carbocycles. The number of nitrogens with one attached hydrogen (secondary N) is 3. The first-order valence-corrected chi connectivity index (χ1v) is 16.1. The lowest BCUT2D eigenvalue weighted by molar-refractivity contribution is -0.145. The number of ether oxygens (including phenoxy) is 1. The van der Waals surface area contributed by atoms with Gasteiger partial charge in [-0.3, -0.25) is 14.4 Å². The molecule has 0 saturated carbocycles. The quantitative estimate of drug-likeness (QED) is 0.170. The Labute approximate surface area is 264 Å². The Morgan fingerprint density at radius 1 is 1.09 bits per heavy atom. The number of likely N-dealkylation sites (N-methyl/N-ethyl adjacent to an activating group) is 2. The van der Waals surface area contributed by atoms with Gasteiger partial charge in [0, 0.05) is 26.7 Å². The van der Waals surface area contributed by atoms with Gasteiger partial charge in [-0.15, -0.1) is 0 Å². The Morgan fingerprint density at radius 2 is 1.82 bits per heavy atom. The van der Waals surface area contributed by atoms with Crippen LogP contribution in [0.1, 0.15) is 70.6 Å². The predicted octanol–water partition coefficient (Wildman–Crippen LogP) is 3.66. The van der Waals surface area contributed by atoms with Crippen molar-refractivity contribution in [2.45, 2.75) is 97.4 Å². The molecule has 9 heteroatoms. The summed E-state index contributed by atoms with van der Waals surface area (Å²) in [4.78, 5) is 37.9. The topological polar surface area (TPSA) is 120 Å². The number of aliphatic hydroxyl groups excluding tert-OH is 1. The molecule has 0 aliphatic carbocycles. The smallest absolute Gasteiger partial charge is 0.245 e. The summed E-state index contributed by atoms with van der Waals surface area (Å²) in [6.45, 7) is 11.1. The van der Waals surface area contributed by atoms with Gasteiger partial charge in [0.05, 0.1) is 12.1 Å². The Balaban J connectivity index is 0.000000727. The van der Waals surface area contributed by atoms with E-state index in [2.05, 4.69) is 59.3 Å². The number of benzene rings is 2. The van der Waals surface area contributed by atoms with Gasteiger partial charge in [0.1, 0.15) is 17.9 Å². The number of carbonyl (C=O) groups is 3. The maximum atomic E-state index is 13.5. The van der Waals surface area contributed by atoms with Crippen LogP contribution in [0.25, 0.3) is 0 Å². The molecule has 3 rings (SSSR count). The molecule has 0 fully saturated rings. The van der Waals surface area contributed by atoms with Crippen molar-refractivity contribution in [3.63, 3.8) is 0 Å². The maximum absolute atomic E-state index is 13.5. The number of nitrogens with zero attached hydrogens (tertiary/aromatic N) is 1. The minimum atomic E-state index is -0.999. The summed E-state index contributed by atoms with van der Waals surface area (Å²) >= 11 is 0. The second-order valence-corrected chi connectivity index (χ2v) is 11.5. The van der Waals surface area contributed by atoms with Gasteiger partial charge in [-0.05, 0) is 68.6 Å². The summed E-state index contributed by atoms with van der Waals surface area (Å²) < 4.78 is 6.40. The fraction of sp³-hybridized carbons (Fsp3) is 0.571. The van der Waals surface area contributed by atoms with Crippen LogP contribution in [0.15, 0.2) is 48.5 Å². The molecule has 1 heterocycles. The first kappa shape index (κ1) is 36.8. The lowest BCUT2D eigenvalue weighted by atomic mass is 9.95. The van der Waals surface area contributed by atoms with Crippen LogP contribution in [0.5, 0.6) is 5.75 Å². The highest BCUT2D eigenvalue weighted by Crippen LogP contribution is 2.32. The average Bonchev–Trinajstić information content (AvgIpc) is 3.03. The molecule has 3 amide bonds. The number of hydrogen-bond donors (Lipinski definition) is 4. The first-order valence-electron chi connectivity index (χ1n) is 16.1. The van der Waals surface area contributed by atoms with E-state index in [4.69, 9.17) is 4.74 Å². The van der Waals surface area contributed by atoms with Crippen molar-refractivity contribution < 1.29 is 24.2 Å². The summed E-state index contributed by atoms with van der Waals surface area (Å²) in [5.41, 5.74) is 3.72. The van der Waals surface area contributed by atoms with Crippen LogP contribution < -0.4 is 20.7 Å². The lowest BCUT2D eigenvalue weighted by Crippen LogP contribution is -2.59. The molecule has 4 N–H and O–H groups in total. The molecule has 5 unspecified atom stereocenters. The third-order valence-electron chi connectivity index (χ3n) is 8.19. The zero-order valence-electron chi connectivity index (χ0n) is 27.5. The molecule has 1 aliphatic heterocycles. The molecule has 244 valence electrons. The second-order valence-electron chi connectivity index (χ2n) is 11.5. The molecule has 0 radical (unpaired) electrons. The van der Waals surface area contributed by atoms with Crippen LogP contribution in [0.4, 0.5) is 0 Å². The minimum absolute atomic E-state index is 0.0283. The van der Waals surface area contributed by atoms with Crippen molar-refractivity contribution in [2.75, 3.05) is 26.7 Å². The molecular weight excluding hydrogens is 556 g/mol. The van der Waals surface area contributed by atoms with E-state index < -0.39 is 18.2 Å². The van der Waals surface area contributed by atoms with Crippen LogP contribution in [0, 0.1) is 5.92 Å². The molecule has 9 nitrogen and oxygen atoms in total. The molecule has 5 atom stereocenters. The fourth-order valence-electron chi connectivity index (χ4n) is 5.40. The van der Waals surface area contributed by atoms with E-state index in [1.807, 2.05) is 26.0 Å². The van der Waals surface area contributed by atoms with Gasteiger partial charge in [0.15, 0.2) is 0 Å². The van der Waals surface area contributed by atoms with Crippen molar-refractivity contribution in [2.24, 2.45) is 5.92 Å². The maximum Gasteiger partial charge on any atom is 0.245 e. The average molecular weight is 611 g/mol. The number of aryl methyl sites for hydroxylation is 3. The Bertz CT molecular complexity index is 1140. The molecule has 0 aromatic heterocycles. The van der Waals surface area contributed by atoms with E-state index in [1.54, 1.807) is 14.0 Å². The van der Waals surface area contributed by atoms with Crippen molar-refractivity contribution >= 4 is 18.2 Å². The first-order chi connectivity index (χ1) is 21.2. The number of hydrogen-bond acceptors (Lipinski definition) is 6. The summed E-state index contributed by atoms with van der Waals surface area (Å²) in [7, 11) is 1.57. The van der Waals surface area contributed by atoms with Crippen molar-refractivity contribution in [1.29, 1.82) is 0 Å². The summed E-state index contributed by atoms with van der Waals surface area (Å²) in [6.07, 6.45) is 4.91.